The molecule has 4 aromatic heterocycles. The Morgan fingerprint density at radius 1 is 1.12 bits per heavy atom. The Kier molecular flexibility index (Phi) is 4.52. The van der Waals surface area contributed by atoms with Gasteiger partial charge in [0.25, 0.3) is 0 Å². The van der Waals surface area contributed by atoms with Gasteiger partial charge in [0, 0.05) is 11.4 Å². The number of thiazole rings is 1. The standard InChI is InChI=1S/C15H11N3O3S4/c19-25(20,14-4-3-12(24-14)11-5-6-21-18-11)16-8-10-9-23-15(17-10)13-2-1-7-22-13/h1-7,9,16H,8H2. The number of aromatic nitrogens is 2. The Balaban J connectivity index is 1.47. The highest BCUT2D eigenvalue weighted by Crippen LogP contribution is 2.30. The van der Waals surface area contributed by atoms with Crippen molar-refractivity contribution in [2.45, 2.75) is 10.8 Å². The van der Waals surface area contributed by atoms with E-state index in [2.05, 4.69) is 14.9 Å². The van der Waals surface area contributed by atoms with Crippen molar-refractivity contribution in [3.8, 4) is 20.5 Å². The number of rotatable bonds is 6. The number of hydrogen-bond acceptors (Lipinski definition) is 8. The summed E-state index contributed by atoms with van der Waals surface area (Å²) in [5, 5.41) is 8.57. The molecule has 6 nitrogen and oxygen atoms in total. The highest BCUT2D eigenvalue weighted by Gasteiger charge is 2.18. The van der Waals surface area contributed by atoms with Crippen LogP contribution in [0.25, 0.3) is 20.5 Å². The maximum absolute atomic E-state index is 12.5. The summed E-state index contributed by atoms with van der Waals surface area (Å²) in [5.41, 5.74) is 1.32. The van der Waals surface area contributed by atoms with Crippen LogP contribution < -0.4 is 4.72 Å². The second-order valence-corrected chi connectivity index (χ2v) is 9.83. The Morgan fingerprint density at radius 3 is 2.80 bits per heavy atom. The molecule has 0 aliphatic carbocycles. The molecule has 0 aliphatic rings. The van der Waals surface area contributed by atoms with E-state index in [1.54, 1.807) is 29.5 Å². The molecule has 0 aliphatic heterocycles. The zero-order valence-electron chi connectivity index (χ0n) is 12.6. The summed E-state index contributed by atoms with van der Waals surface area (Å²) < 4.78 is 32.5. The van der Waals surface area contributed by atoms with Crippen LogP contribution in [0.4, 0.5) is 0 Å². The fourth-order valence-electron chi connectivity index (χ4n) is 2.08. The van der Waals surface area contributed by atoms with Crippen LogP contribution in [0.2, 0.25) is 0 Å². The molecule has 25 heavy (non-hydrogen) atoms. The molecule has 10 heteroatoms. The van der Waals surface area contributed by atoms with Gasteiger partial charge in [0.1, 0.15) is 21.2 Å². The highest BCUT2D eigenvalue weighted by molar-refractivity contribution is 7.91. The van der Waals surface area contributed by atoms with Gasteiger partial charge in [-0.3, -0.25) is 0 Å². The van der Waals surface area contributed by atoms with Crippen molar-refractivity contribution in [3.05, 3.63) is 53.0 Å². The Morgan fingerprint density at radius 2 is 2.04 bits per heavy atom. The van der Waals surface area contributed by atoms with E-state index in [-0.39, 0.29) is 10.8 Å². The Labute approximate surface area is 155 Å². The lowest BCUT2D eigenvalue weighted by atomic mass is 10.3. The summed E-state index contributed by atoms with van der Waals surface area (Å²) in [6.45, 7) is 0.154. The third-order valence-electron chi connectivity index (χ3n) is 3.26. The quantitative estimate of drug-likeness (QED) is 0.519. The van der Waals surface area contributed by atoms with Crippen LogP contribution in [-0.4, -0.2) is 18.6 Å². The van der Waals surface area contributed by atoms with E-state index in [4.69, 9.17) is 4.52 Å². The van der Waals surface area contributed by atoms with E-state index < -0.39 is 10.0 Å². The number of thiophene rings is 2. The molecule has 0 amide bonds. The van der Waals surface area contributed by atoms with Crippen molar-refractivity contribution in [3.63, 3.8) is 0 Å². The minimum atomic E-state index is -3.60. The van der Waals surface area contributed by atoms with Crippen LogP contribution in [0.15, 0.2) is 56.1 Å². The summed E-state index contributed by atoms with van der Waals surface area (Å²) in [6.07, 6.45) is 1.45. The molecular weight excluding hydrogens is 398 g/mol. The number of sulfonamides is 1. The van der Waals surface area contributed by atoms with Gasteiger partial charge >= 0.3 is 0 Å². The molecule has 0 saturated carbocycles. The van der Waals surface area contributed by atoms with Gasteiger partial charge in [0.15, 0.2) is 0 Å². The highest BCUT2D eigenvalue weighted by atomic mass is 32.2. The van der Waals surface area contributed by atoms with Gasteiger partial charge in [-0.05, 0) is 23.6 Å². The maximum atomic E-state index is 12.5. The monoisotopic (exact) mass is 409 g/mol. The third-order valence-corrected chi connectivity index (χ3v) is 8.19. The van der Waals surface area contributed by atoms with E-state index >= 15 is 0 Å². The summed E-state index contributed by atoms with van der Waals surface area (Å²) >= 11 is 4.26. The second kappa shape index (κ2) is 6.81. The second-order valence-electron chi connectivity index (χ2n) is 4.95. The van der Waals surface area contributed by atoms with E-state index in [0.717, 1.165) is 26.1 Å². The summed E-state index contributed by atoms with van der Waals surface area (Å²) in [7, 11) is -3.60. The van der Waals surface area contributed by atoms with E-state index in [9.17, 15) is 8.42 Å². The molecule has 0 radical (unpaired) electrons. The Hall–Kier alpha value is -1.85. The predicted octanol–water partition coefficient (Wildman–Crippen LogP) is 4.07. The molecule has 0 spiro atoms. The lowest BCUT2D eigenvalue weighted by Crippen LogP contribution is -2.22. The van der Waals surface area contributed by atoms with Gasteiger partial charge in [0.05, 0.1) is 22.0 Å². The van der Waals surface area contributed by atoms with Crippen molar-refractivity contribution in [1.29, 1.82) is 0 Å². The topological polar surface area (TPSA) is 85.1 Å². The van der Waals surface area contributed by atoms with Crippen LogP contribution in [0, 0.1) is 0 Å². The number of nitrogens with one attached hydrogen (secondary N) is 1. The molecule has 4 rings (SSSR count). The van der Waals surface area contributed by atoms with Crippen molar-refractivity contribution >= 4 is 44.0 Å². The summed E-state index contributed by atoms with van der Waals surface area (Å²) in [4.78, 5) is 6.30. The van der Waals surface area contributed by atoms with Crippen LogP contribution >= 0.6 is 34.0 Å². The minimum absolute atomic E-state index is 0.154. The van der Waals surface area contributed by atoms with Gasteiger partial charge in [-0.25, -0.2) is 18.1 Å². The first-order chi connectivity index (χ1) is 12.1. The van der Waals surface area contributed by atoms with E-state index in [0.29, 0.717) is 11.4 Å². The van der Waals surface area contributed by atoms with Crippen molar-refractivity contribution < 1.29 is 12.9 Å². The van der Waals surface area contributed by atoms with E-state index in [1.807, 2.05) is 22.9 Å². The lowest BCUT2D eigenvalue weighted by Gasteiger charge is -2.02. The van der Waals surface area contributed by atoms with E-state index in [1.165, 1.54) is 17.6 Å². The average Bonchev–Trinajstić information content (AvgIpc) is 3.41. The molecule has 0 saturated heterocycles. The van der Waals surface area contributed by atoms with Gasteiger partial charge in [-0.15, -0.1) is 34.0 Å². The normalized spacial score (nSPS) is 11.8. The van der Waals surface area contributed by atoms with Crippen molar-refractivity contribution in [2.75, 3.05) is 0 Å². The van der Waals surface area contributed by atoms with Crippen LogP contribution in [0.3, 0.4) is 0 Å². The SMILES string of the molecule is O=S(=O)(NCc1csc(-c2cccs2)n1)c1ccc(-c2ccon2)s1. The zero-order chi connectivity index (χ0) is 17.3. The fourth-order valence-corrected chi connectivity index (χ4v) is 6.03. The summed E-state index contributed by atoms with van der Waals surface area (Å²) in [6, 6.07) is 8.93. The molecule has 4 heterocycles. The molecule has 0 fully saturated rings. The van der Waals surface area contributed by atoms with Gasteiger partial charge in [0.2, 0.25) is 10.0 Å². The summed E-state index contributed by atoms with van der Waals surface area (Å²) in [5.74, 6) is 0. The van der Waals surface area contributed by atoms with Gasteiger partial charge < -0.3 is 4.52 Å². The number of hydrogen-bond donors (Lipinski definition) is 1. The fraction of sp³-hybridized carbons (Fsp3) is 0.0667. The lowest BCUT2D eigenvalue weighted by molar-refractivity contribution is 0.422. The molecule has 128 valence electrons. The third kappa shape index (κ3) is 3.58. The smallest absolute Gasteiger partial charge is 0.250 e. The predicted molar refractivity (Wildman–Crippen MR) is 99.3 cm³/mol. The van der Waals surface area contributed by atoms with Crippen LogP contribution in [-0.2, 0) is 16.6 Å². The first-order valence-corrected chi connectivity index (χ1v) is 11.2. The maximum Gasteiger partial charge on any atom is 0.250 e. The zero-order valence-corrected chi connectivity index (χ0v) is 15.8. The molecular formula is C15H11N3O3S4. The molecule has 0 unspecified atom stereocenters. The molecule has 0 aromatic carbocycles. The van der Waals surface area contributed by atoms with Gasteiger partial charge in [-0.2, -0.15) is 0 Å². The average molecular weight is 410 g/mol. The minimum Gasteiger partial charge on any atom is -0.364 e. The number of nitrogens with zero attached hydrogens (tertiary/aromatic N) is 2. The van der Waals surface area contributed by atoms with Crippen LogP contribution in [0.1, 0.15) is 5.69 Å². The first-order valence-electron chi connectivity index (χ1n) is 7.10. The Bertz CT molecular complexity index is 1060. The first kappa shape index (κ1) is 16.6. The molecule has 1 N–H and O–H groups in total. The van der Waals surface area contributed by atoms with Crippen LogP contribution in [0.5, 0.6) is 0 Å². The van der Waals surface area contributed by atoms with Crippen molar-refractivity contribution in [1.82, 2.24) is 14.9 Å². The largest absolute Gasteiger partial charge is 0.364 e. The van der Waals surface area contributed by atoms with Crippen molar-refractivity contribution in [2.24, 2.45) is 0 Å². The van der Waals surface area contributed by atoms with Gasteiger partial charge in [-0.1, -0.05) is 11.2 Å². The molecule has 0 atom stereocenters. The molecule has 4 aromatic rings. The molecule has 0 bridgehead atoms.